The van der Waals surface area contributed by atoms with Crippen molar-refractivity contribution in [3.8, 4) is 0 Å². The van der Waals surface area contributed by atoms with E-state index in [9.17, 15) is 0 Å². The van der Waals surface area contributed by atoms with Gasteiger partial charge in [-0.25, -0.2) is 0 Å². The number of pyridine rings is 1. The second-order valence-corrected chi connectivity index (χ2v) is 13.7. The summed E-state index contributed by atoms with van der Waals surface area (Å²) in [5.41, 5.74) is 13.2. The van der Waals surface area contributed by atoms with Crippen LogP contribution < -0.4 is 5.46 Å². The number of likely N-dealkylation sites (N-methyl/N-ethyl adjacent to an activating group) is 1. The van der Waals surface area contributed by atoms with Gasteiger partial charge in [0.25, 0.3) is 0 Å². The van der Waals surface area contributed by atoms with Gasteiger partial charge in [-0.3, -0.25) is 9.88 Å². The van der Waals surface area contributed by atoms with Gasteiger partial charge in [0.1, 0.15) is 0 Å². The van der Waals surface area contributed by atoms with Crippen molar-refractivity contribution in [1.29, 1.82) is 0 Å². The number of aryl methyl sites for hydroxylation is 3. The zero-order chi connectivity index (χ0) is 32.5. The lowest BCUT2D eigenvalue weighted by Crippen LogP contribution is -2.37. The van der Waals surface area contributed by atoms with Crippen LogP contribution in [-0.4, -0.2) is 48.2 Å². The Bertz CT molecular complexity index is 1560. The summed E-state index contributed by atoms with van der Waals surface area (Å²) >= 11 is 0. The van der Waals surface area contributed by atoms with Crippen LogP contribution >= 0.6 is 0 Å². The van der Waals surface area contributed by atoms with E-state index in [-0.39, 0.29) is 0 Å². The molecule has 1 aromatic heterocycles. The standard InChI is InChI=1S/C41H54BN3/c1-30(2)40(44(8)9)22-23-45(28-37-18-10-11-19-39(37)42(7)27-36-17-13-15-32(4)25-36)29-38-21-20-34(6)43-41(38)33(5)26-35-16-12-14-31(3)24-35/h10-21,24-25,33,40H,1,22-23,26-29H2,2-9H3/t33-,40?/m1/s1. The van der Waals surface area contributed by atoms with Crippen molar-refractivity contribution < 1.29 is 0 Å². The van der Waals surface area contributed by atoms with Gasteiger partial charge in [-0.15, -0.1) is 0 Å². The SMILES string of the molecule is C=C(C)C(CCN(Cc1ccccc1B(C)Cc1cccc(C)c1)Cc1ccc(C)nc1[C@H](C)Cc1cccc(C)c1)N(C)C. The molecule has 4 heteroatoms. The lowest BCUT2D eigenvalue weighted by molar-refractivity contribution is 0.217. The van der Waals surface area contributed by atoms with Gasteiger partial charge in [0.15, 0.2) is 6.71 Å². The second kappa shape index (κ2) is 16.2. The van der Waals surface area contributed by atoms with Crippen molar-refractivity contribution in [1.82, 2.24) is 14.8 Å². The molecule has 0 aliphatic heterocycles. The average Bonchev–Trinajstić information content (AvgIpc) is 2.98. The smallest absolute Gasteiger partial charge is 0.177 e. The van der Waals surface area contributed by atoms with Crippen LogP contribution in [0.5, 0.6) is 0 Å². The molecule has 0 amide bonds. The molecule has 45 heavy (non-hydrogen) atoms. The lowest BCUT2D eigenvalue weighted by Gasteiger charge is -2.30. The van der Waals surface area contributed by atoms with E-state index < -0.39 is 0 Å². The van der Waals surface area contributed by atoms with E-state index >= 15 is 0 Å². The number of benzene rings is 3. The first-order chi connectivity index (χ1) is 21.5. The molecule has 2 atom stereocenters. The van der Waals surface area contributed by atoms with Crippen molar-refractivity contribution in [2.75, 3.05) is 20.6 Å². The van der Waals surface area contributed by atoms with Crippen molar-refractivity contribution in [2.45, 2.75) is 85.7 Å². The summed E-state index contributed by atoms with van der Waals surface area (Å²) in [6.45, 7) is 20.9. The molecule has 236 valence electrons. The molecule has 0 fully saturated rings. The molecule has 0 bridgehead atoms. The highest BCUT2D eigenvalue weighted by Crippen LogP contribution is 2.25. The third-order valence-corrected chi connectivity index (χ3v) is 9.15. The molecule has 3 nitrogen and oxygen atoms in total. The van der Waals surface area contributed by atoms with Crippen LogP contribution in [0.2, 0.25) is 6.82 Å². The van der Waals surface area contributed by atoms with Crippen molar-refractivity contribution in [3.63, 3.8) is 0 Å². The van der Waals surface area contributed by atoms with E-state index in [0.717, 1.165) is 44.5 Å². The van der Waals surface area contributed by atoms with Gasteiger partial charge < -0.3 is 4.90 Å². The summed E-state index contributed by atoms with van der Waals surface area (Å²) < 4.78 is 0. The Kier molecular flexibility index (Phi) is 12.4. The zero-order valence-corrected chi connectivity index (χ0v) is 29.1. The van der Waals surface area contributed by atoms with Crippen molar-refractivity contribution >= 4 is 12.2 Å². The van der Waals surface area contributed by atoms with E-state index in [2.05, 4.69) is 157 Å². The molecular weight excluding hydrogens is 545 g/mol. The highest BCUT2D eigenvalue weighted by molar-refractivity contribution is 6.71. The van der Waals surface area contributed by atoms with Crippen LogP contribution in [0.3, 0.4) is 0 Å². The van der Waals surface area contributed by atoms with E-state index in [0.29, 0.717) is 18.7 Å². The predicted molar refractivity (Wildman–Crippen MR) is 196 cm³/mol. The number of hydrogen-bond acceptors (Lipinski definition) is 3. The van der Waals surface area contributed by atoms with Gasteiger partial charge in [-0.1, -0.05) is 127 Å². The van der Waals surface area contributed by atoms with Gasteiger partial charge in [-0.05, 0) is 83.7 Å². The molecule has 0 saturated carbocycles. The van der Waals surface area contributed by atoms with Crippen LogP contribution in [-0.2, 0) is 25.8 Å². The fourth-order valence-electron chi connectivity index (χ4n) is 6.86. The highest BCUT2D eigenvalue weighted by Gasteiger charge is 2.21. The average molecular weight is 600 g/mol. The van der Waals surface area contributed by atoms with Crippen LogP contribution in [0.4, 0.5) is 0 Å². The van der Waals surface area contributed by atoms with Gasteiger partial charge in [0.05, 0.1) is 0 Å². The largest absolute Gasteiger partial charge is 0.303 e. The van der Waals surface area contributed by atoms with E-state index in [1.165, 1.54) is 50.1 Å². The number of aromatic nitrogens is 1. The van der Waals surface area contributed by atoms with Crippen molar-refractivity contribution in [2.24, 2.45) is 0 Å². The maximum Gasteiger partial charge on any atom is 0.177 e. The Hall–Kier alpha value is -3.47. The predicted octanol–water partition coefficient (Wildman–Crippen LogP) is 8.37. The third-order valence-electron chi connectivity index (χ3n) is 9.15. The fourth-order valence-corrected chi connectivity index (χ4v) is 6.86. The molecule has 0 spiro atoms. The van der Waals surface area contributed by atoms with Crippen LogP contribution in [0.1, 0.15) is 71.0 Å². The Labute approximate surface area is 274 Å². The third kappa shape index (κ3) is 10.0. The van der Waals surface area contributed by atoms with Crippen LogP contribution in [0.25, 0.3) is 0 Å². The minimum absolute atomic E-state index is 0.329. The molecule has 4 rings (SSSR count). The van der Waals surface area contributed by atoms with Gasteiger partial charge >= 0.3 is 0 Å². The maximum atomic E-state index is 5.15. The van der Waals surface area contributed by atoms with Crippen LogP contribution in [0.15, 0.2) is 97.1 Å². The first-order valence-corrected chi connectivity index (χ1v) is 16.7. The monoisotopic (exact) mass is 599 g/mol. The minimum atomic E-state index is 0.329. The molecule has 0 aliphatic rings. The summed E-state index contributed by atoms with van der Waals surface area (Å²) in [6, 6.07) is 31.8. The van der Waals surface area contributed by atoms with E-state index in [4.69, 9.17) is 4.98 Å². The molecule has 0 radical (unpaired) electrons. The molecule has 1 heterocycles. The Morgan fingerprint density at radius 2 is 1.47 bits per heavy atom. The molecule has 3 aromatic carbocycles. The molecular formula is C41H54BN3. The minimum Gasteiger partial charge on any atom is -0.303 e. The van der Waals surface area contributed by atoms with Gasteiger partial charge in [0, 0.05) is 43.0 Å². The summed E-state index contributed by atoms with van der Waals surface area (Å²) in [6.07, 6.45) is 3.07. The highest BCUT2D eigenvalue weighted by atomic mass is 15.1. The topological polar surface area (TPSA) is 19.4 Å². The number of hydrogen-bond donors (Lipinski definition) is 0. The summed E-state index contributed by atoms with van der Waals surface area (Å²) in [4.78, 5) is 10.1. The first-order valence-electron chi connectivity index (χ1n) is 16.7. The number of rotatable bonds is 15. The summed E-state index contributed by atoms with van der Waals surface area (Å²) in [5.74, 6) is 0.329. The van der Waals surface area contributed by atoms with Gasteiger partial charge in [-0.2, -0.15) is 0 Å². The first kappa shape index (κ1) is 34.4. The Morgan fingerprint density at radius 1 is 0.822 bits per heavy atom. The van der Waals surface area contributed by atoms with Gasteiger partial charge in [0.2, 0.25) is 0 Å². The fraction of sp³-hybridized carbons (Fsp3) is 0.390. The lowest BCUT2D eigenvalue weighted by atomic mass is 9.43. The van der Waals surface area contributed by atoms with E-state index in [1.54, 1.807) is 0 Å². The molecule has 1 unspecified atom stereocenters. The quantitative estimate of drug-likeness (QED) is 0.101. The summed E-state index contributed by atoms with van der Waals surface area (Å²) in [5, 5.41) is 0. The molecule has 0 saturated heterocycles. The molecule has 4 aromatic rings. The normalized spacial score (nSPS) is 12.8. The molecule has 0 N–H and O–H groups in total. The van der Waals surface area contributed by atoms with Crippen molar-refractivity contribution in [3.05, 3.63) is 142 Å². The summed E-state index contributed by atoms with van der Waals surface area (Å²) in [7, 11) is 4.34. The van der Waals surface area contributed by atoms with E-state index in [1.807, 2.05) is 0 Å². The number of nitrogens with zero attached hydrogens (tertiary/aromatic N) is 3. The van der Waals surface area contributed by atoms with Crippen LogP contribution in [0, 0.1) is 20.8 Å². The maximum absolute atomic E-state index is 5.15. The second-order valence-electron chi connectivity index (χ2n) is 13.7. The zero-order valence-electron chi connectivity index (χ0n) is 29.1. The Balaban J connectivity index is 1.63. The Morgan fingerprint density at radius 3 is 2.13 bits per heavy atom. The molecule has 0 aliphatic carbocycles.